The highest BCUT2D eigenvalue weighted by Crippen LogP contribution is 2.43. The fourth-order valence-corrected chi connectivity index (χ4v) is 9.23. The smallest absolute Gasteiger partial charge is 0.156 e. The van der Waals surface area contributed by atoms with Crippen molar-refractivity contribution in [3.63, 3.8) is 0 Å². The molecule has 2 atom stereocenters. The Bertz CT molecular complexity index is 2800. The first kappa shape index (κ1) is 29.1. The minimum Gasteiger partial charge on any atom is -0.309 e. The Kier molecular flexibility index (Phi) is 6.78. The lowest BCUT2D eigenvalue weighted by Crippen LogP contribution is -2.28. The van der Waals surface area contributed by atoms with Crippen LogP contribution < -0.4 is 0 Å². The van der Waals surface area contributed by atoms with Gasteiger partial charge in [0.1, 0.15) is 0 Å². The predicted octanol–water partition coefficient (Wildman–Crippen LogP) is 12.3. The molecule has 50 heavy (non-hydrogen) atoms. The number of aromatic nitrogens is 1. The van der Waals surface area contributed by atoms with Crippen molar-refractivity contribution in [2.45, 2.75) is 19.4 Å². The summed E-state index contributed by atoms with van der Waals surface area (Å²) in [5.41, 5.74) is 8.06. The highest BCUT2D eigenvalue weighted by Gasteiger charge is 2.32. The number of benzene rings is 7. The highest BCUT2D eigenvalue weighted by atomic mass is 32.1. The number of para-hydroxylation sites is 1. The first-order chi connectivity index (χ1) is 24.7. The molecule has 3 heterocycles. The zero-order chi connectivity index (χ0) is 33.2. The molecule has 7 aromatic carbocycles. The number of hydrogen-bond donors (Lipinski definition) is 0. The second-order valence-electron chi connectivity index (χ2n) is 13.2. The standard InChI is InChI=1S/C46H33N3S/c1-2-34-44(29-15-5-3-6-16-29)47-46(48-45(34)30-17-7-4-8-18-30)38-27-33(28-42-43(38)36-22-12-14-24-41(36)50-42)49-39-23-13-11-21-35(39)37-25-31-19-9-10-20-32(31)26-40(37)49/h3-28,34,44H,2H2,1H3. The van der Waals surface area contributed by atoms with Crippen molar-refractivity contribution < 1.29 is 0 Å². The minimum atomic E-state index is -0.0490. The molecule has 0 N–H and O–H groups in total. The van der Waals surface area contributed by atoms with Crippen LogP contribution in [0.5, 0.6) is 0 Å². The van der Waals surface area contributed by atoms with Crippen molar-refractivity contribution in [1.82, 2.24) is 4.57 Å². The van der Waals surface area contributed by atoms with Gasteiger partial charge in [0.25, 0.3) is 0 Å². The molecule has 0 aliphatic carbocycles. The molecule has 0 spiro atoms. The molecule has 2 aromatic heterocycles. The third-order valence-electron chi connectivity index (χ3n) is 10.4. The molecule has 238 valence electrons. The van der Waals surface area contributed by atoms with Crippen molar-refractivity contribution in [1.29, 1.82) is 0 Å². The molecule has 0 radical (unpaired) electrons. The summed E-state index contributed by atoms with van der Waals surface area (Å²) in [5.74, 6) is 0.955. The zero-order valence-electron chi connectivity index (χ0n) is 27.6. The molecule has 0 saturated heterocycles. The fraction of sp³-hybridized carbons (Fsp3) is 0.0870. The summed E-state index contributed by atoms with van der Waals surface area (Å²) >= 11 is 1.85. The summed E-state index contributed by atoms with van der Waals surface area (Å²) in [7, 11) is 0. The quantitative estimate of drug-likeness (QED) is 0.176. The largest absolute Gasteiger partial charge is 0.309 e. The number of amidine groups is 1. The molecule has 3 nitrogen and oxygen atoms in total. The number of rotatable bonds is 5. The first-order valence-corrected chi connectivity index (χ1v) is 18.2. The van der Waals surface area contributed by atoms with E-state index >= 15 is 0 Å². The summed E-state index contributed by atoms with van der Waals surface area (Å²) in [5, 5.41) is 7.46. The van der Waals surface area contributed by atoms with E-state index in [1.165, 1.54) is 58.3 Å². The van der Waals surface area contributed by atoms with Crippen LogP contribution in [0.15, 0.2) is 168 Å². The van der Waals surface area contributed by atoms with Gasteiger partial charge in [-0.05, 0) is 64.7 Å². The van der Waals surface area contributed by atoms with Gasteiger partial charge in [-0.15, -0.1) is 11.3 Å². The molecule has 1 aliphatic heterocycles. The van der Waals surface area contributed by atoms with Gasteiger partial charge in [0, 0.05) is 48.1 Å². The van der Waals surface area contributed by atoms with E-state index in [4.69, 9.17) is 9.98 Å². The molecule has 9 aromatic rings. The van der Waals surface area contributed by atoms with Crippen molar-refractivity contribution in [2.75, 3.05) is 0 Å². The van der Waals surface area contributed by atoms with Crippen LogP contribution in [-0.4, -0.2) is 16.1 Å². The van der Waals surface area contributed by atoms with Crippen LogP contribution in [0.4, 0.5) is 0 Å². The van der Waals surface area contributed by atoms with E-state index in [1.54, 1.807) is 0 Å². The Labute approximate surface area is 294 Å². The fourth-order valence-electron chi connectivity index (χ4n) is 8.07. The lowest BCUT2D eigenvalue weighted by molar-refractivity contribution is 0.532. The Hall–Kier alpha value is -5.84. The van der Waals surface area contributed by atoms with Gasteiger partial charge in [-0.1, -0.05) is 128 Å². The maximum atomic E-state index is 5.60. The maximum absolute atomic E-state index is 5.60. The van der Waals surface area contributed by atoms with Crippen molar-refractivity contribution in [2.24, 2.45) is 15.9 Å². The number of nitrogens with zero attached hydrogens (tertiary/aromatic N) is 3. The van der Waals surface area contributed by atoms with Crippen molar-refractivity contribution in [3.05, 3.63) is 174 Å². The van der Waals surface area contributed by atoms with Gasteiger partial charge in [-0.25, -0.2) is 4.99 Å². The predicted molar refractivity (Wildman–Crippen MR) is 214 cm³/mol. The lowest BCUT2D eigenvalue weighted by Gasteiger charge is -2.30. The molecule has 0 bridgehead atoms. The molecule has 2 unspecified atom stereocenters. The molecular formula is C46H33N3S. The molecule has 10 rings (SSSR count). The molecular weight excluding hydrogens is 627 g/mol. The van der Waals surface area contributed by atoms with Gasteiger partial charge >= 0.3 is 0 Å². The topological polar surface area (TPSA) is 29.6 Å². The molecule has 4 heteroatoms. The van der Waals surface area contributed by atoms with E-state index in [0.717, 1.165) is 34.8 Å². The third-order valence-corrected chi connectivity index (χ3v) is 11.5. The molecule has 1 aliphatic rings. The van der Waals surface area contributed by atoms with E-state index < -0.39 is 0 Å². The molecule has 0 saturated carbocycles. The van der Waals surface area contributed by atoms with E-state index in [-0.39, 0.29) is 12.0 Å². The van der Waals surface area contributed by atoms with Crippen LogP contribution in [0.25, 0.3) is 58.4 Å². The second-order valence-corrected chi connectivity index (χ2v) is 14.3. The lowest BCUT2D eigenvalue weighted by atomic mass is 9.83. The van der Waals surface area contributed by atoms with Crippen LogP contribution in [-0.2, 0) is 0 Å². The number of hydrogen-bond acceptors (Lipinski definition) is 3. The SMILES string of the molecule is CCC1C(c2ccccc2)=NC(c2cc(-n3c4ccccc4c4cc5ccccc5cc43)cc3sc4ccccc4c23)=NC1c1ccccc1. The van der Waals surface area contributed by atoms with Gasteiger partial charge in [-0.2, -0.15) is 0 Å². The average molecular weight is 660 g/mol. The Morgan fingerprint density at radius 2 is 1.28 bits per heavy atom. The normalized spacial score (nSPS) is 16.4. The Morgan fingerprint density at radius 1 is 0.600 bits per heavy atom. The first-order valence-electron chi connectivity index (χ1n) is 17.4. The summed E-state index contributed by atoms with van der Waals surface area (Å²) in [6.45, 7) is 2.26. The van der Waals surface area contributed by atoms with Crippen LogP contribution in [0.2, 0.25) is 0 Å². The average Bonchev–Trinajstić information content (AvgIpc) is 3.72. The monoisotopic (exact) mass is 659 g/mol. The number of aliphatic imine (C=N–C) groups is 2. The molecule has 0 fully saturated rings. The van der Waals surface area contributed by atoms with Gasteiger partial charge in [0.2, 0.25) is 0 Å². The van der Waals surface area contributed by atoms with Gasteiger partial charge < -0.3 is 4.57 Å². The summed E-state index contributed by atoms with van der Waals surface area (Å²) in [6.07, 6.45) is 0.941. The second kappa shape index (κ2) is 11.6. The third kappa shape index (κ3) is 4.56. The van der Waals surface area contributed by atoms with Crippen LogP contribution in [0.1, 0.15) is 36.1 Å². The zero-order valence-corrected chi connectivity index (χ0v) is 28.4. The van der Waals surface area contributed by atoms with Crippen LogP contribution in [0, 0.1) is 5.92 Å². The maximum Gasteiger partial charge on any atom is 0.156 e. The van der Waals surface area contributed by atoms with Crippen molar-refractivity contribution >= 4 is 75.6 Å². The Balaban J connectivity index is 1.30. The number of thiophene rings is 1. The van der Waals surface area contributed by atoms with Crippen LogP contribution >= 0.6 is 11.3 Å². The van der Waals surface area contributed by atoms with Gasteiger partial charge in [0.15, 0.2) is 5.84 Å². The van der Waals surface area contributed by atoms with E-state index in [1.807, 2.05) is 11.3 Å². The van der Waals surface area contributed by atoms with E-state index in [0.29, 0.717) is 0 Å². The van der Waals surface area contributed by atoms with Gasteiger partial charge in [0.05, 0.1) is 22.8 Å². The van der Waals surface area contributed by atoms with E-state index in [9.17, 15) is 0 Å². The minimum absolute atomic E-state index is 0.0490. The Morgan fingerprint density at radius 3 is 2.08 bits per heavy atom. The van der Waals surface area contributed by atoms with Gasteiger partial charge in [-0.3, -0.25) is 4.99 Å². The van der Waals surface area contributed by atoms with E-state index in [2.05, 4.69) is 169 Å². The summed E-state index contributed by atoms with van der Waals surface area (Å²) in [4.78, 5) is 11.1. The highest BCUT2D eigenvalue weighted by molar-refractivity contribution is 7.25. The molecule has 0 amide bonds. The summed E-state index contributed by atoms with van der Waals surface area (Å²) < 4.78 is 4.95. The number of fused-ring (bicyclic) bond motifs is 7. The van der Waals surface area contributed by atoms with Crippen LogP contribution in [0.3, 0.4) is 0 Å². The summed E-state index contributed by atoms with van der Waals surface area (Å²) in [6, 6.07) is 57.1. The van der Waals surface area contributed by atoms with Crippen molar-refractivity contribution in [3.8, 4) is 5.69 Å².